The minimum atomic E-state index is -3.11. The number of non-ortho nitro benzene ring substituents is 1. The Balaban J connectivity index is 2.02. The first-order valence-corrected chi connectivity index (χ1v) is 6.77. The zero-order chi connectivity index (χ0) is 18.4. The minimum Gasteiger partial charge on any atom is -0.434 e. The number of nitrogens with zero attached hydrogens (tertiary/aromatic N) is 1. The van der Waals surface area contributed by atoms with E-state index >= 15 is 0 Å². The molecule has 0 atom stereocenters. The van der Waals surface area contributed by atoms with Crippen molar-refractivity contribution in [3.05, 3.63) is 69.8 Å². The highest BCUT2D eigenvalue weighted by atomic mass is 19.3. The first-order chi connectivity index (χ1) is 11.9. The molecule has 0 saturated carbocycles. The highest BCUT2D eigenvalue weighted by Gasteiger charge is 2.16. The summed E-state index contributed by atoms with van der Waals surface area (Å²) in [7, 11) is 0. The Labute approximate surface area is 139 Å². The Morgan fingerprint density at radius 2 is 1.60 bits per heavy atom. The summed E-state index contributed by atoms with van der Waals surface area (Å²) >= 11 is 0. The summed E-state index contributed by atoms with van der Waals surface area (Å²) in [5.74, 6) is -1.96. The van der Waals surface area contributed by atoms with Gasteiger partial charge in [-0.3, -0.25) is 30.6 Å². The number of alkyl halides is 2. The van der Waals surface area contributed by atoms with Gasteiger partial charge in [-0.25, -0.2) is 0 Å². The molecule has 25 heavy (non-hydrogen) atoms. The summed E-state index contributed by atoms with van der Waals surface area (Å²) < 4.78 is 28.9. The summed E-state index contributed by atoms with van der Waals surface area (Å²) in [6, 6.07) is 9.92. The lowest BCUT2D eigenvalue weighted by Gasteiger charge is -2.11. The summed E-state index contributed by atoms with van der Waals surface area (Å²) in [5.41, 5.74) is 3.79. The topological polar surface area (TPSA) is 111 Å². The smallest absolute Gasteiger partial charge is 0.387 e. The molecule has 2 N–H and O–H groups in total. The molecule has 0 aliphatic heterocycles. The van der Waals surface area contributed by atoms with E-state index < -0.39 is 23.3 Å². The lowest BCUT2D eigenvalue weighted by Crippen LogP contribution is -2.41. The number of ether oxygens (including phenoxy) is 1. The number of nitrogens with one attached hydrogen (secondary N) is 2. The van der Waals surface area contributed by atoms with Crippen LogP contribution in [0, 0.1) is 10.1 Å². The number of carbonyl (C=O) groups excluding carboxylic acids is 2. The molecular weight excluding hydrogens is 340 g/mol. The first-order valence-electron chi connectivity index (χ1n) is 6.77. The van der Waals surface area contributed by atoms with Crippen LogP contribution in [0.2, 0.25) is 0 Å². The van der Waals surface area contributed by atoms with E-state index in [2.05, 4.69) is 15.6 Å². The van der Waals surface area contributed by atoms with Gasteiger partial charge in [0.15, 0.2) is 0 Å². The number of nitro benzene ring substituents is 1. The van der Waals surface area contributed by atoms with Crippen molar-refractivity contribution in [1.82, 2.24) is 10.9 Å². The van der Waals surface area contributed by atoms with Crippen LogP contribution < -0.4 is 15.6 Å². The SMILES string of the molecule is O=C(NNC(=O)c1ccccc1OC(F)F)c1ccc([N+](=O)[O-])cc1. The molecule has 130 valence electrons. The van der Waals surface area contributed by atoms with E-state index in [0.717, 1.165) is 12.1 Å². The molecule has 0 bridgehead atoms. The maximum absolute atomic E-state index is 12.3. The molecule has 0 aliphatic rings. The minimum absolute atomic E-state index is 0.0583. The zero-order valence-corrected chi connectivity index (χ0v) is 12.4. The summed E-state index contributed by atoms with van der Waals surface area (Å²) in [6.07, 6.45) is 0. The molecule has 8 nitrogen and oxygen atoms in total. The number of para-hydroxylation sites is 1. The molecule has 0 radical (unpaired) electrons. The van der Waals surface area contributed by atoms with Crippen LogP contribution in [0.3, 0.4) is 0 Å². The fourth-order valence-corrected chi connectivity index (χ4v) is 1.84. The number of rotatable bonds is 5. The second-order valence-corrected chi connectivity index (χ2v) is 4.59. The Hall–Kier alpha value is -3.56. The van der Waals surface area contributed by atoms with Gasteiger partial charge >= 0.3 is 6.61 Å². The quantitative estimate of drug-likeness (QED) is 0.634. The average Bonchev–Trinajstić information content (AvgIpc) is 2.59. The summed E-state index contributed by atoms with van der Waals surface area (Å²) in [4.78, 5) is 33.8. The molecule has 2 rings (SSSR count). The van der Waals surface area contributed by atoms with E-state index in [0.29, 0.717) is 0 Å². The maximum Gasteiger partial charge on any atom is 0.387 e. The molecule has 2 aromatic carbocycles. The van der Waals surface area contributed by atoms with Crippen LogP contribution in [0.4, 0.5) is 14.5 Å². The van der Waals surface area contributed by atoms with Gasteiger partial charge in [0.2, 0.25) is 0 Å². The van der Waals surface area contributed by atoms with E-state index in [1.807, 2.05) is 0 Å². The number of hydrazine groups is 1. The zero-order valence-electron chi connectivity index (χ0n) is 12.4. The molecule has 0 aromatic heterocycles. The Bertz CT molecular complexity index is 796. The van der Waals surface area contributed by atoms with E-state index in [-0.39, 0.29) is 22.6 Å². The molecule has 2 aromatic rings. The molecule has 0 heterocycles. The van der Waals surface area contributed by atoms with E-state index in [1.165, 1.54) is 36.4 Å². The fourth-order valence-electron chi connectivity index (χ4n) is 1.84. The summed E-state index contributed by atoms with van der Waals surface area (Å²) in [6.45, 7) is -3.11. The van der Waals surface area contributed by atoms with Crippen molar-refractivity contribution in [3.8, 4) is 5.75 Å². The van der Waals surface area contributed by atoms with Crippen LogP contribution in [0.5, 0.6) is 5.75 Å². The number of halogens is 2. The lowest BCUT2D eigenvalue weighted by atomic mass is 10.2. The van der Waals surface area contributed by atoms with Gasteiger partial charge < -0.3 is 4.74 Å². The van der Waals surface area contributed by atoms with Gasteiger partial charge in [-0.05, 0) is 24.3 Å². The third-order valence-corrected chi connectivity index (χ3v) is 2.98. The Kier molecular flexibility index (Phi) is 5.56. The lowest BCUT2D eigenvalue weighted by molar-refractivity contribution is -0.384. The van der Waals surface area contributed by atoms with Crippen molar-refractivity contribution in [3.63, 3.8) is 0 Å². The van der Waals surface area contributed by atoms with Gasteiger partial charge in [0.1, 0.15) is 5.75 Å². The van der Waals surface area contributed by atoms with E-state index in [4.69, 9.17) is 0 Å². The summed E-state index contributed by atoms with van der Waals surface area (Å²) in [5, 5.41) is 10.5. The largest absolute Gasteiger partial charge is 0.434 e. The van der Waals surface area contributed by atoms with Gasteiger partial charge in [-0.15, -0.1) is 0 Å². The van der Waals surface area contributed by atoms with Crippen LogP contribution in [0.15, 0.2) is 48.5 Å². The highest BCUT2D eigenvalue weighted by Crippen LogP contribution is 2.19. The number of amides is 2. The van der Waals surface area contributed by atoms with E-state index in [1.54, 1.807) is 0 Å². The van der Waals surface area contributed by atoms with Crippen LogP contribution in [0.1, 0.15) is 20.7 Å². The molecule has 10 heteroatoms. The van der Waals surface area contributed by atoms with Crippen LogP contribution in [0.25, 0.3) is 0 Å². The standard InChI is InChI=1S/C15H11F2N3O5/c16-15(17)25-12-4-2-1-3-11(12)14(22)19-18-13(21)9-5-7-10(8-6-9)20(23)24/h1-8,15H,(H,18,21)(H,19,22). The second kappa shape index (κ2) is 7.81. The van der Waals surface area contributed by atoms with Crippen molar-refractivity contribution in [2.75, 3.05) is 0 Å². The monoisotopic (exact) mass is 351 g/mol. The van der Waals surface area contributed by atoms with Crippen molar-refractivity contribution < 1.29 is 28.0 Å². The second-order valence-electron chi connectivity index (χ2n) is 4.59. The molecule has 0 aliphatic carbocycles. The normalized spacial score (nSPS) is 10.2. The highest BCUT2D eigenvalue weighted by molar-refractivity contribution is 6.00. The first kappa shape index (κ1) is 17.8. The van der Waals surface area contributed by atoms with Gasteiger partial charge in [0, 0.05) is 17.7 Å². The predicted molar refractivity (Wildman–Crippen MR) is 81.1 cm³/mol. The fraction of sp³-hybridized carbons (Fsp3) is 0.0667. The maximum atomic E-state index is 12.3. The number of carbonyl (C=O) groups is 2. The predicted octanol–water partition coefficient (Wildman–Crippen LogP) is 2.27. The number of hydrogen-bond donors (Lipinski definition) is 2. The molecule has 0 unspecified atom stereocenters. The van der Waals surface area contributed by atoms with Crippen LogP contribution in [-0.4, -0.2) is 23.3 Å². The van der Waals surface area contributed by atoms with Crippen molar-refractivity contribution >= 4 is 17.5 Å². The molecule has 0 saturated heterocycles. The van der Waals surface area contributed by atoms with Crippen molar-refractivity contribution in [2.45, 2.75) is 6.61 Å². The van der Waals surface area contributed by atoms with Crippen molar-refractivity contribution in [2.24, 2.45) is 0 Å². The Morgan fingerprint density at radius 3 is 2.20 bits per heavy atom. The van der Waals surface area contributed by atoms with Crippen LogP contribution >= 0.6 is 0 Å². The van der Waals surface area contributed by atoms with Crippen molar-refractivity contribution in [1.29, 1.82) is 0 Å². The molecule has 0 fully saturated rings. The number of nitro groups is 1. The number of benzene rings is 2. The van der Waals surface area contributed by atoms with Gasteiger partial charge in [0.25, 0.3) is 17.5 Å². The van der Waals surface area contributed by atoms with E-state index in [9.17, 15) is 28.5 Å². The van der Waals surface area contributed by atoms with Crippen LogP contribution in [-0.2, 0) is 0 Å². The van der Waals surface area contributed by atoms with Gasteiger partial charge in [-0.1, -0.05) is 12.1 Å². The average molecular weight is 351 g/mol. The number of hydrogen-bond acceptors (Lipinski definition) is 5. The van der Waals surface area contributed by atoms with Gasteiger partial charge in [0.05, 0.1) is 10.5 Å². The third kappa shape index (κ3) is 4.70. The molecular formula is C15H11F2N3O5. The van der Waals surface area contributed by atoms with Gasteiger partial charge in [-0.2, -0.15) is 8.78 Å². The molecule has 2 amide bonds. The Morgan fingerprint density at radius 1 is 1.00 bits per heavy atom. The molecule has 0 spiro atoms. The third-order valence-electron chi connectivity index (χ3n) is 2.98.